The first-order valence-electron chi connectivity index (χ1n) is 9.80. The molecule has 1 aliphatic heterocycles. The molecule has 31 heavy (non-hydrogen) atoms. The zero-order valence-electron chi connectivity index (χ0n) is 17.2. The van der Waals surface area contributed by atoms with E-state index in [1.165, 1.54) is 15.8 Å². The van der Waals surface area contributed by atoms with Crippen LogP contribution in [-0.2, 0) is 21.4 Å². The van der Waals surface area contributed by atoms with E-state index < -0.39 is 11.8 Å². The first kappa shape index (κ1) is 21.8. The number of H-pyrrole nitrogens is 1. The van der Waals surface area contributed by atoms with Gasteiger partial charge < -0.3 is 20.4 Å². The molecule has 1 fully saturated rings. The quantitative estimate of drug-likeness (QED) is 0.375. The molecule has 0 radical (unpaired) electrons. The van der Waals surface area contributed by atoms with Crippen LogP contribution in [0.1, 0.15) is 12.8 Å². The highest BCUT2D eigenvalue weighted by atomic mass is 16.2. The van der Waals surface area contributed by atoms with Gasteiger partial charge in [-0.25, -0.2) is 0 Å². The molecule has 3 heterocycles. The first-order chi connectivity index (χ1) is 14.9. The van der Waals surface area contributed by atoms with Gasteiger partial charge in [0.15, 0.2) is 5.65 Å². The molecule has 2 aromatic rings. The number of aromatic nitrogens is 4. The highest BCUT2D eigenvalue weighted by Crippen LogP contribution is 2.12. The van der Waals surface area contributed by atoms with E-state index in [9.17, 15) is 19.2 Å². The van der Waals surface area contributed by atoms with Gasteiger partial charge in [0.1, 0.15) is 11.8 Å². The van der Waals surface area contributed by atoms with Crippen LogP contribution in [0.4, 0.5) is 5.95 Å². The Morgan fingerprint density at radius 3 is 2.84 bits per heavy atom. The summed E-state index contributed by atoms with van der Waals surface area (Å²) in [6, 6.07) is 0. The minimum atomic E-state index is -0.478. The van der Waals surface area contributed by atoms with Gasteiger partial charge in [-0.05, 0) is 0 Å². The fourth-order valence-corrected chi connectivity index (χ4v) is 3.21. The van der Waals surface area contributed by atoms with Crippen molar-refractivity contribution in [1.82, 2.24) is 35.3 Å². The van der Waals surface area contributed by atoms with Crippen LogP contribution in [0.2, 0.25) is 0 Å². The van der Waals surface area contributed by atoms with Gasteiger partial charge >= 0.3 is 0 Å². The zero-order valence-corrected chi connectivity index (χ0v) is 17.2. The van der Waals surface area contributed by atoms with Crippen LogP contribution in [-0.4, -0.2) is 81.6 Å². The predicted octanol–water partition coefficient (Wildman–Crippen LogP) is -2.05. The lowest BCUT2D eigenvalue weighted by Gasteiger charge is -2.29. The second kappa shape index (κ2) is 9.75. The highest BCUT2D eigenvalue weighted by molar-refractivity contribution is 5.97. The third-order valence-corrected chi connectivity index (χ3v) is 4.89. The summed E-state index contributed by atoms with van der Waals surface area (Å²) in [5.74, 6) is 1.49. The van der Waals surface area contributed by atoms with Crippen molar-refractivity contribution in [1.29, 1.82) is 0 Å². The molecule has 0 atom stereocenters. The molecule has 164 valence electrons. The number of fused-ring (bicyclic) bond motifs is 1. The van der Waals surface area contributed by atoms with Crippen molar-refractivity contribution in [2.75, 3.05) is 44.2 Å². The average Bonchev–Trinajstić information content (AvgIpc) is 3.12. The number of carbonyl (C=O) groups excluding carboxylic acids is 3. The van der Waals surface area contributed by atoms with Crippen LogP contribution >= 0.6 is 0 Å². The van der Waals surface area contributed by atoms with Crippen LogP contribution < -0.4 is 21.1 Å². The van der Waals surface area contributed by atoms with Gasteiger partial charge in [-0.1, -0.05) is 5.92 Å². The fraction of sp³-hybridized carbons (Fsp3) is 0.474. The number of hydrogen-bond donors (Lipinski definition) is 3. The normalized spacial score (nSPS) is 15.3. The Morgan fingerprint density at radius 2 is 2.06 bits per heavy atom. The molecule has 1 saturated heterocycles. The molecule has 3 rings (SSSR count). The maximum absolute atomic E-state index is 12.6. The topological polar surface area (TPSA) is 145 Å². The molecular weight excluding hydrogens is 404 g/mol. The van der Waals surface area contributed by atoms with E-state index in [-0.39, 0.29) is 43.9 Å². The van der Waals surface area contributed by atoms with Crippen LogP contribution in [0.3, 0.4) is 0 Å². The molecule has 12 nitrogen and oxygen atoms in total. The predicted molar refractivity (Wildman–Crippen MR) is 112 cm³/mol. The number of nitrogens with one attached hydrogen (secondary N) is 3. The third-order valence-electron chi connectivity index (χ3n) is 4.89. The molecule has 0 aliphatic carbocycles. The van der Waals surface area contributed by atoms with Gasteiger partial charge in [0.05, 0.1) is 12.7 Å². The molecule has 3 N–H and O–H groups in total. The lowest BCUT2D eigenvalue weighted by Crippen LogP contribution is -2.46. The third kappa shape index (κ3) is 5.39. The molecule has 0 saturated carbocycles. The van der Waals surface area contributed by atoms with Crippen molar-refractivity contribution in [3.05, 3.63) is 16.6 Å². The van der Waals surface area contributed by atoms with Gasteiger partial charge in [-0.15, -0.1) is 6.42 Å². The molecular formula is C19H24N8O4. The van der Waals surface area contributed by atoms with Crippen molar-refractivity contribution >= 4 is 34.7 Å². The maximum Gasteiger partial charge on any atom is 0.263 e. The summed E-state index contributed by atoms with van der Waals surface area (Å²) in [6.07, 6.45) is 6.32. The molecule has 0 aromatic carbocycles. The van der Waals surface area contributed by atoms with Crippen LogP contribution in [0.5, 0.6) is 0 Å². The van der Waals surface area contributed by atoms with Gasteiger partial charge in [0, 0.05) is 46.2 Å². The van der Waals surface area contributed by atoms with E-state index in [1.807, 2.05) is 0 Å². The maximum atomic E-state index is 12.6. The summed E-state index contributed by atoms with van der Waals surface area (Å²) in [5.41, 5.74) is 0.102. The summed E-state index contributed by atoms with van der Waals surface area (Å²) in [6.45, 7) is 1.54. The molecule has 1 aliphatic rings. The molecule has 2 aromatic heterocycles. The number of terminal acetylenes is 1. The molecule has 12 heteroatoms. The van der Waals surface area contributed by atoms with E-state index >= 15 is 0 Å². The van der Waals surface area contributed by atoms with Crippen molar-refractivity contribution in [3.63, 3.8) is 0 Å². The van der Waals surface area contributed by atoms with Crippen LogP contribution in [0.15, 0.2) is 11.0 Å². The number of aromatic amines is 1. The summed E-state index contributed by atoms with van der Waals surface area (Å²) < 4.78 is 1.50. The minimum Gasteiger partial charge on any atom is -0.354 e. The Labute approximate surface area is 178 Å². The van der Waals surface area contributed by atoms with E-state index in [4.69, 9.17) is 6.42 Å². The van der Waals surface area contributed by atoms with Crippen molar-refractivity contribution in [2.45, 2.75) is 12.8 Å². The second-order valence-electron chi connectivity index (χ2n) is 7.02. The standard InChI is InChI=1S/C19H24N8O4/c1-3-5-20-15(29)11-16(30)26-7-4-14(28)21-6-8-27(10-9-26)19-23-17-13(18(31)24-19)12-22-25(17)2/h1,12H,4-11H2,2H3,(H,20,29)(H,21,28)(H,23,24,31). The van der Waals surface area contributed by atoms with Crippen molar-refractivity contribution in [3.8, 4) is 12.3 Å². The lowest BCUT2D eigenvalue weighted by atomic mass is 10.2. The summed E-state index contributed by atoms with van der Waals surface area (Å²) in [5, 5.41) is 9.66. The van der Waals surface area contributed by atoms with Gasteiger partial charge in [0.2, 0.25) is 23.7 Å². The van der Waals surface area contributed by atoms with Gasteiger partial charge in [0.25, 0.3) is 5.56 Å². The number of amides is 3. The second-order valence-corrected chi connectivity index (χ2v) is 7.02. The Hall–Kier alpha value is -3.88. The number of rotatable bonds is 4. The smallest absolute Gasteiger partial charge is 0.263 e. The number of carbonyl (C=O) groups is 3. The van der Waals surface area contributed by atoms with E-state index in [2.05, 4.69) is 31.6 Å². The van der Waals surface area contributed by atoms with Crippen molar-refractivity contribution < 1.29 is 14.4 Å². The summed E-state index contributed by atoms with van der Waals surface area (Å²) in [7, 11) is 1.69. The zero-order chi connectivity index (χ0) is 22.4. The molecule has 0 spiro atoms. The van der Waals surface area contributed by atoms with Gasteiger partial charge in [-0.2, -0.15) is 10.1 Å². The number of anilines is 1. The monoisotopic (exact) mass is 428 g/mol. The molecule has 0 bridgehead atoms. The van der Waals surface area contributed by atoms with Gasteiger partial charge in [-0.3, -0.25) is 28.8 Å². The summed E-state index contributed by atoms with van der Waals surface area (Å²) in [4.78, 5) is 59.4. The first-order valence-corrected chi connectivity index (χ1v) is 9.80. The average molecular weight is 428 g/mol. The van der Waals surface area contributed by atoms with E-state index in [0.717, 1.165) is 0 Å². The number of aryl methyl sites for hydroxylation is 1. The molecule has 0 unspecified atom stereocenters. The Bertz CT molecular complexity index is 1080. The van der Waals surface area contributed by atoms with E-state index in [1.54, 1.807) is 11.9 Å². The van der Waals surface area contributed by atoms with Crippen LogP contribution in [0, 0.1) is 12.3 Å². The Morgan fingerprint density at radius 1 is 1.26 bits per heavy atom. The summed E-state index contributed by atoms with van der Waals surface area (Å²) >= 11 is 0. The van der Waals surface area contributed by atoms with Crippen LogP contribution in [0.25, 0.3) is 11.0 Å². The largest absolute Gasteiger partial charge is 0.354 e. The Balaban J connectivity index is 1.78. The Kier molecular flexibility index (Phi) is 6.86. The highest BCUT2D eigenvalue weighted by Gasteiger charge is 2.22. The minimum absolute atomic E-state index is 0.0395. The SMILES string of the molecule is C#CCNC(=O)CC(=O)N1CCC(=O)NCCN(c2nc3c(cnn3C)c(=O)[nH]2)CC1. The number of hydrogen-bond acceptors (Lipinski definition) is 7. The van der Waals surface area contributed by atoms with Crippen molar-refractivity contribution in [2.24, 2.45) is 7.05 Å². The molecule has 3 amide bonds. The lowest BCUT2D eigenvalue weighted by molar-refractivity contribution is -0.136. The fourth-order valence-electron chi connectivity index (χ4n) is 3.21. The van der Waals surface area contributed by atoms with E-state index in [0.29, 0.717) is 36.6 Å². The number of nitrogens with zero attached hydrogens (tertiary/aromatic N) is 5.